The number of para-hydroxylation sites is 1. The number of unbranched alkanes of at least 4 members (excludes halogenated alkanes) is 1. The normalized spacial score (nSPS) is 11.9. The average molecular weight is 482 g/mol. The molecule has 3 rings (SSSR count). The number of carbonyl (C=O) groups excluding carboxylic acids is 2. The minimum absolute atomic E-state index is 0.166. The monoisotopic (exact) mass is 482 g/mol. The number of pyridine rings is 1. The number of nitrogens with zero attached hydrogens (tertiary/aromatic N) is 2. The van der Waals surface area contributed by atoms with Crippen molar-refractivity contribution in [1.82, 2.24) is 15.3 Å². The Hall–Kier alpha value is -3.38. The number of rotatable bonds is 8. The molecule has 8 nitrogen and oxygen atoms in total. The molecule has 0 aliphatic heterocycles. The van der Waals surface area contributed by atoms with Crippen LogP contribution in [0.2, 0.25) is 0 Å². The lowest BCUT2D eigenvalue weighted by Gasteiger charge is -2.16. The largest absolute Gasteiger partial charge is 0.490 e. The zero-order chi connectivity index (χ0) is 24.4. The van der Waals surface area contributed by atoms with Crippen LogP contribution < -0.4 is 11.1 Å². The molecule has 0 aliphatic carbocycles. The van der Waals surface area contributed by atoms with Crippen molar-refractivity contribution in [3.63, 3.8) is 0 Å². The van der Waals surface area contributed by atoms with E-state index in [0.717, 1.165) is 23.1 Å². The fourth-order valence-electron chi connectivity index (χ4n) is 2.63. The summed E-state index contributed by atoms with van der Waals surface area (Å²) in [6.45, 7) is 0.554. The van der Waals surface area contributed by atoms with Gasteiger partial charge in [-0.3, -0.25) is 14.6 Å². The Balaban J connectivity index is 0.000000479. The third-order valence-corrected chi connectivity index (χ3v) is 5.29. The number of aliphatic carboxylic acids is 1. The number of benzene rings is 1. The molecular formula is C21H21F3N4O4S. The van der Waals surface area contributed by atoms with E-state index in [9.17, 15) is 22.8 Å². The molecule has 0 saturated carbocycles. The third-order valence-electron chi connectivity index (χ3n) is 4.24. The van der Waals surface area contributed by atoms with Crippen LogP contribution in [-0.4, -0.2) is 51.5 Å². The molecule has 0 saturated heterocycles. The molecule has 0 radical (unpaired) electrons. The van der Waals surface area contributed by atoms with Gasteiger partial charge < -0.3 is 16.2 Å². The molecule has 2 heterocycles. The number of nitrogens with two attached hydrogens (primary N) is 1. The Labute approximate surface area is 190 Å². The maximum absolute atomic E-state index is 13.0. The van der Waals surface area contributed by atoms with Crippen LogP contribution in [0.5, 0.6) is 0 Å². The number of carboxylic acids is 1. The summed E-state index contributed by atoms with van der Waals surface area (Å²) < 4.78 is 32.7. The standard InChI is InChI=1S/C19H20N4O2S.C2HF3O2/c20-10-4-3-8-15(22-18(25)13-6-5-11-21-12-13)17(24)19-23-14-7-1-2-9-16(14)26-19;3-2(4,5)1(6)7/h1-2,5-7,9,11-12,15H,3-4,8,10,20H2,(H,22,25);(H,6,7)/t15-;/m0./s1. The van der Waals surface area contributed by atoms with Crippen molar-refractivity contribution in [3.05, 3.63) is 59.4 Å². The number of thiazole rings is 1. The number of Topliss-reactive ketones (excluding diaryl/α,β-unsaturated/α-hetero) is 1. The van der Waals surface area contributed by atoms with Crippen LogP contribution in [0.15, 0.2) is 48.8 Å². The third kappa shape index (κ3) is 7.91. The molecule has 176 valence electrons. The second-order valence-electron chi connectivity index (χ2n) is 6.71. The smallest absolute Gasteiger partial charge is 0.475 e. The van der Waals surface area contributed by atoms with Gasteiger partial charge in [-0.25, -0.2) is 9.78 Å². The molecular weight excluding hydrogens is 461 g/mol. The maximum atomic E-state index is 13.0. The van der Waals surface area contributed by atoms with E-state index in [0.29, 0.717) is 23.5 Å². The molecule has 0 fully saturated rings. The summed E-state index contributed by atoms with van der Waals surface area (Å²) in [6.07, 6.45) is 0.0751. The first-order valence-electron chi connectivity index (χ1n) is 9.74. The van der Waals surface area contributed by atoms with Crippen molar-refractivity contribution >= 4 is 39.2 Å². The van der Waals surface area contributed by atoms with Crippen LogP contribution in [0.4, 0.5) is 13.2 Å². The van der Waals surface area contributed by atoms with Gasteiger partial charge in [0.15, 0.2) is 5.01 Å². The summed E-state index contributed by atoms with van der Waals surface area (Å²) in [6, 6.07) is 10.3. The molecule has 4 N–H and O–H groups in total. The second-order valence-corrected chi connectivity index (χ2v) is 7.74. The van der Waals surface area contributed by atoms with Crippen LogP contribution in [-0.2, 0) is 4.79 Å². The van der Waals surface area contributed by atoms with E-state index in [4.69, 9.17) is 15.6 Å². The van der Waals surface area contributed by atoms with Gasteiger partial charge in [0, 0.05) is 12.4 Å². The zero-order valence-electron chi connectivity index (χ0n) is 17.2. The predicted molar refractivity (Wildman–Crippen MR) is 116 cm³/mol. The highest BCUT2D eigenvalue weighted by Crippen LogP contribution is 2.23. The molecule has 0 aliphatic rings. The maximum Gasteiger partial charge on any atom is 0.490 e. The van der Waals surface area contributed by atoms with Gasteiger partial charge in [-0.05, 0) is 50.1 Å². The highest BCUT2D eigenvalue weighted by Gasteiger charge is 2.38. The quantitative estimate of drug-likeness (QED) is 0.331. The van der Waals surface area contributed by atoms with Gasteiger partial charge in [-0.15, -0.1) is 11.3 Å². The van der Waals surface area contributed by atoms with Crippen molar-refractivity contribution in [2.24, 2.45) is 5.73 Å². The van der Waals surface area contributed by atoms with Crippen molar-refractivity contribution in [3.8, 4) is 0 Å². The van der Waals surface area contributed by atoms with Gasteiger partial charge in [-0.2, -0.15) is 13.2 Å². The lowest BCUT2D eigenvalue weighted by Crippen LogP contribution is -2.41. The van der Waals surface area contributed by atoms with Crippen LogP contribution in [0.3, 0.4) is 0 Å². The van der Waals surface area contributed by atoms with Crippen LogP contribution in [0.1, 0.15) is 39.4 Å². The molecule has 12 heteroatoms. The molecule has 1 aromatic carbocycles. The number of carboxylic acid groups (broad SMARTS) is 1. The summed E-state index contributed by atoms with van der Waals surface area (Å²) in [5, 5.41) is 10.4. The molecule has 1 atom stereocenters. The second kappa shape index (κ2) is 12.0. The number of aromatic nitrogens is 2. The number of nitrogens with one attached hydrogen (secondary N) is 1. The van der Waals surface area contributed by atoms with E-state index in [2.05, 4.69) is 15.3 Å². The molecule has 0 bridgehead atoms. The number of hydrogen-bond acceptors (Lipinski definition) is 7. The Morgan fingerprint density at radius 2 is 1.82 bits per heavy atom. The Bertz CT molecular complexity index is 1060. The van der Waals surface area contributed by atoms with Crippen molar-refractivity contribution in [2.45, 2.75) is 31.5 Å². The lowest BCUT2D eigenvalue weighted by molar-refractivity contribution is -0.192. The fourth-order valence-corrected chi connectivity index (χ4v) is 3.59. The number of alkyl halides is 3. The van der Waals surface area contributed by atoms with Crippen LogP contribution in [0.25, 0.3) is 10.2 Å². The number of hydrogen-bond donors (Lipinski definition) is 3. The first kappa shape index (κ1) is 25.9. The first-order chi connectivity index (χ1) is 15.6. The summed E-state index contributed by atoms with van der Waals surface area (Å²) in [7, 11) is 0. The number of fused-ring (bicyclic) bond motifs is 1. The SMILES string of the molecule is NCCCC[C@H](NC(=O)c1cccnc1)C(=O)c1nc2ccccc2s1.O=C(O)C(F)(F)F. The van der Waals surface area contributed by atoms with Crippen molar-refractivity contribution in [2.75, 3.05) is 6.54 Å². The van der Waals surface area contributed by atoms with E-state index in [-0.39, 0.29) is 11.7 Å². The molecule has 3 aromatic rings. The zero-order valence-corrected chi connectivity index (χ0v) is 18.0. The average Bonchev–Trinajstić information content (AvgIpc) is 3.22. The number of carbonyl (C=O) groups is 3. The van der Waals surface area contributed by atoms with Gasteiger partial charge in [-0.1, -0.05) is 12.1 Å². The summed E-state index contributed by atoms with van der Waals surface area (Å²) in [4.78, 5) is 42.7. The van der Waals surface area contributed by atoms with Gasteiger partial charge in [0.2, 0.25) is 5.78 Å². The fraction of sp³-hybridized carbons (Fsp3) is 0.286. The van der Waals surface area contributed by atoms with Crippen molar-refractivity contribution in [1.29, 1.82) is 0 Å². The Morgan fingerprint density at radius 3 is 2.39 bits per heavy atom. The van der Waals surface area contributed by atoms with E-state index in [1.165, 1.54) is 17.5 Å². The molecule has 1 amide bonds. The summed E-state index contributed by atoms with van der Waals surface area (Å²) >= 11 is 1.35. The van der Waals surface area contributed by atoms with Gasteiger partial charge in [0.25, 0.3) is 5.91 Å². The minimum atomic E-state index is -5.08. The molecule has 0 spiro atoms. The van der Waals surface area contributed by atoms with Crippen LogP contribution >= 0.6 is 11.3 Å². The Kier molecular flexibility index (Phi) is 9.43. The number of amides is 1. The van der Waals surface area contributed by atoms with Gasteiger partial charge in [0.05, 0.1) is 21.8 Å². The molecule has 33 heavy (non-hydrogen) atoms. The highest BCUT2D eigenvalue weighted by atomic mass is 32.1. The Morgan fingerprint density at radius 1 is 1.12 bits per heavy atom. The van der Waals surface area contributed by atoms with Crippen molar-refractivity contribution < 1.29 is 32.7 Å². The number of ketones is 1. The van der Waals surface area contributed by atoms with Gasteiger partial charge >= 0.3 is 12.1 Å². The van der Waals surface area contributed by atoms with E-state index < -0.39 is 18.2 Å². The number of halogens is 3. The van der Waals surface area contributed by atoms with E-state index in [1.54, 1.807) is 18.3 Å². The molecule has 0 unspecified atom stereocenters. The van der Waals surface area contributed by atoms with Gasteiger partial charge in [0.1, 0.15) is 0 Å². The first-order valence-corrected chi connectivity index (χ1v) is 10.6. The van der Waals surface area contributed by atoms with Crippen LogP contribution in [0, 0.1) is 0 Å². The van der Waals surface area contributed by atoms with E-state index in [1.807, 2.05) is 24.3 Å². The molecule has 2 aromatic heterocycles. The highest BCUT2D eigenvalue weighted by molar-refractivity contribution is 7.20. The van der Waals surface area contributed by atoms with E-state index >= 15 is 0 Å². The topological polar surface area (TPSA) is 135 Å². The minimum Gasteiger partial charge on any atom is -0.475 e. The predicted octanol–water partition coefficient (Wildman–Crippen LogP) is 3.43. The lowest BCUT2D eigenvalue weighted by atomic mass is 10.0. The summed E-state index contributed by atoms with van der Waals surface area (Å²) in [5.41, 5.74) is 6.77. The summed E-state index contributed by atoms with van der Waals surface area (Å²) in [5.74, 6) is -3.24.